The molecular weight excluding hydrogens is 292 g/mol. The first-order chi connectivity index (χ1) is 8.65. The summed E-state index contributed by atoms with van der Waals surface area (Å²) in [6.45, 7) is 8.50. The second-order valence-electron chi connectivity index (χ2n) is 4.90. The highest BCUT2D eigenvalue weighted by Crippen LogP contribution is 2.21. The minimum absolute atomic E-state index is 0.769. The first-order valence-corrected chi connectivity index (χ1v) is 7.24. The molecule has 2 rings (SSSR count). The standard InChI is InChI=1S/C14H21BrN2O/c1-12-11-13(3-4-14(12)15)18-10-9-17-7-5-16(2)6-8-17/h3-4,11H,5-10H2,1-2H3. The summed E-state index contributed by atoms with van der Waals surface area (Å²) >= 11 is 3.50. The zero-order valence-corrected chi connectivity index (χ0v) is 12.7. The fraction of sp³-hybridized carbons (Fsp3) is 0.571. The molecule has 4 heteroatoms. The quantitative estimate of drug-likeness (QED) is 0.849. The van der Waals surface area contributed by atoms with Crippen LogP contribution < -0.4 is 4.74 Å². The van der Waals surface area contributed by atoms with Crippen LogP contribution in [0.25, 0.3) is 0 Å². The smallest absolute Gasteiger partial charge is 0.119 e. The molecule has 1 heterocycles. The molecule has 0 atom stereocenters. The lowest BCUT2D eigenvalue weighted by atomic mass is 10.2. The Morgan fingerprint density at radius 1 is 1.22 bits per heavy atom. The largest absolute Gasteiger partial charge is 0.492 e. The van der Waals surface area contributed by atoms with Crippen molar-refractivity contribution < 1.29 is 4.74 Å². The maximum atomic E-state index is 5.80. The van der Waals surface area contributed by atoms with Crippen LogP contribution in [0.2, 0.25) is 0 Å². The molecule has 0 aromatic heterocycles. The van der Waals surface area contributed by atoms with Gasteiger partial charge in [-0.05, 0) is 37.7 Å². The molecule has 1 aromatic rings. The normalized spacial score (nSPS) is 17.9. The van der Waals surface area contributed by atoms with Gasteiger partial charge in [-0.15, -0.1) is 0 Å². The number of halogens is 1. The van der Waals surface area contributed by atoms with E-state index >= 15 is 0 Å². The third-order valence-corrected chi connectivity index (χ3v) is 4.29. The highest BCUT2D eigenvalue weighted by Gasteiger charge is 2.13. The number of rotatable bonds is 4. The lowest BCUT2D eigenvalue weighted by Crippen LogP contribution is -2.45. The Morgan fingerprint density at radius 3 is 2.61 bits per heavy atom. The third-order valence-electron chi connectivity index (χ3n) is 3.40. The van der Waals surface area contributed by atoms with Gasteiger partial charge in [0.1, 0.15) is 12.4 Å². The fourth-order valence-corrected chi connectivity index (χ4v) is 2.32. The lowest BCUT2D eigenvalue weighted by molar-refractivity contribution is 0.133. The maximum absolute atomic E-state index is 5.80. The van der Waals surface area contributed by atoms with Crippen LogP contribution in [-0.4, -0.2) is 56.2 Å². The van der Waals surface area contributed by atoms with Crippen molar-refractivity contribution in [3.05, 3.63) is 28.2 Å². The Kier molecular flexibility index (Phi) is 5.03. The van der Waals surface area contributed by atoms with E-state index in [0.717, 1.165) is 49.6 Å². The van der Waals surface area contributed by atoms with Gasteiger partial charge in [0, 0.05) is 37.2 Å². The number of benzene rings is 1. The minimum atomic E-state index is 0.769. The average Bonchev–Trinajstić information content (AvgIpc) is 2.36. The predicted octanol–water partition coefficient (Wildman–Crippen LogP) is 2.38. The summed E-state index contributed by atoms with van der Waals surface area (Å²) in [4.78, 5) is 4.83. The molecular formula is C14H21BrN2O. The molecule has 0 spiro atoms. The van der Waals surface area contributed by atoms with Crippen LogP contribution in [-0.2, 0) is 0 Å². The van der Waals surface area contributed by atoms with Gasteiger partial charge in [-0.2, -0.15) is 0 Å². The van der Waals surface area contributed by atoms with Gasteiger partial charge < -0.3 is 9.64 Å². The Balaban J connectivity index is 1.73. The van der Waals surface area contributed by atoms with Gasteiger partial charge in [0.05, 0.1) is 0 Å². The van der Waals surface area contributed by atoms with E-state index in [9.17, 15) is 0 Å². The van der Waals surface area contributed by atoms with E-state index in [1.54, 1.807) is 0 Å². The van der Waals surface area contributed by atoms with Crippen LogP contribution in [0.3, 0.4) is 0 Å². The predicted molar refractivity (Wildman–Crippen MR) is 78.3 cm³/mol. The van der Waals surface area contributed by atoms with Crippen LogP contribution in [0, 0.1) is 6.92 Å². The summed E-state index contributed by atoms with van der Waals surface area (Å²) < 4.78 is 6.93. The molecule has 0 unspecified atom stereocenters. The number of nitrogens with zero attached hydrogens (tertiary/aromatic N) is 2. The summed E-state index contributed by atoms with van der Waals surface area (Å²) in [5.41, 5.74) is 1.21. The van der Waals surface area contributed by atoms with Crippen LogP contribution in [0.5, 0.6) is 5.75 Å². The summed E-state index contributed by atoms with van der Waals surface area (Å²) in [6.07, 6.45) is 0. The molecule has 1 fully saturated rings. The molecule has 1 aromatic carbocycles. The van der Waals surface area contributed by atoms with Gasteiger partial charge >= 0.3 is 0 Å². The van der Waals surface area contributed by atoms with Gasteiger partial charge in [-0.3, -0.25) is 4.90 Å². The molecule has 1 aliphatic rings. The number of likely N-dealkylation sites (N-methyl/N-ethyl adjacent to an activating group) is 1. The summed E-state index contributed by atoms with van der Waals surface area (Å²) in [6, 6.07) is 6.13. The maximum Gasteiger partial charge on any atom is 0.119 e. The molecule has 0 N–H and O–H groups in total. The molecule has 0 radical (unpaired) electrons. The first kappa shape index (κ1) is 13.8. The fourth-order valence-electron chi connectivity index (χ4n) is 2.07. The van der Waals surface area contributed by atoms with Crippen LogP contribution in [0.4, 0.5) is 0 Å². The number of hydrogen-bond donors (Lipinski definition) is 0. The number of piperazine rings is 1. The van der Waals surface area contributed by atoms with Crippen molar-refractivity contribution in [3.63, 3.8) is 0 Å². The summed E-state index contributed by atoms with van der Waals surface area (Å²) in [5, 5.41) is 0. The van der Waals surface area contributed by atoms with Crippen molar-refractivity contribution in [2.75, 3.05) is 46.4 Å². The molecule has 18 heavy (non-hydrogen) atoms. The monoisotopic (exact) mass is 312 g/mol. The molecule has 0 saturated carbocycles. The van der Waals surface area contributed by atoms with Crippen molar-refractivity contribution in [2.45, 2.75) is 6.92 Å². The SMILES string of the molecule is Cc1cc(OCCN2CCN(C)CC2)ccc1Br. The second-order valence-corrected chi connectivity index (χ2v) is 5.76. The zero-order valence-electron chi connectivity index (χ0n) is 11.2. The Hall–Kier alpha value is -0.580. The van der Waals surface area contributed by atoms with E-state index in [2.05, 4.69) is 45.8 Å². The molecule has 100 valence electrons. The van der Waals surface area contributed by atoms with Crippen molar-refractivity contribution in [1.82, 2.24) is 9.80 Å². The minimum Gasteiger partial charge on any atom is -0.492 e. The highest BCUT2D eigenvalue weighted by atomic mass is 79.9. The van der Waals surface area contributed by atoms with Crippen molar-refractivity contribution in [1.29, 1.82) is 0 Å². The second kappa shape index (κ2) is 6.55. The molecule has 0 amide bonds. The molecule has 3 nitrogen and oxygen atoms in total. The molecule has 0 aliphatic carbocycles. The van der Waals surface area contributed by atoms with E-state index in [-0.39, 0.29) is 0 Å². The summed E-state index contributed by atoms with van der Waals surface area (Å²) in [5.74, 6) is 0.963. The van der Waals surface area contributed by atoms with Crippen molar-refractivity contribution >= 4 is 15.9 Å². The van der Waals surface area contributed by atoms with Gasteiger partial charge in [0.2, 0.25) is 0 Å². The first-order valence-electron chi connectivity index (χ1n) is 6.45. The van der Waals surface area contributed by atoms with Crippen LogP contribution >= 0.6 is 15.9 Å². The number of hydrogen-bond acceptors (Lipinski definition) is 3. The number of aryl methyl sites for hydroxylation is 1. The topological polar surface area (TPSA) is 15.7 Å². The Labute approximate surface area is 118 Å². The van der Waals surface area contributed by atoms with E-state index in [1.165, 1.54) is 5.56 Å². The van der Waals surface area contributed by atoms with Gasteiger partial charge in [-0.1, -0.05) is 15.9 Å². The van der Waals surface area contributed by atoms with E-state index in [4.69, 9.17) is 4.74 Å². The molecule has 1 aliphatic heterocycles. The third kappa shape index (κ3) is 3.97. The van der Waals surface area contributed by atoms with Gasteiger partial charge in [0.25, 0.3) is 0 Å². The van der Waals surface area contributed by atoms with Gasteiger partial charge in [-0.25, -0.2) is 0 Å². The van der Waals surface area contributed by atoms with Gasteiger partial charge in [0.15, 0.2) is 0 Å². The Bertz CT molecular complexity index is 389. The lowest BCUT2D eigenvalue weighted by Gasteiger charge is -2.32. The van der Waals surface area contributed by atoms with E-state index < -0.39 is 0 Å². The molecule has 1 saturated heterocycles. The number of ether oxygens (including phenoxy) is 1. The molecule has 0 bridgehead atoms. The zero-order chi connectivity index (χ0) is 13.0. The van der Waals surface area contributed by atoms with Crippen molar-refractivity contribution in [3.8, 4) is 5.75 Å². The summed E-state index contributed by atoms with van der Waals surface area (Å²) in [7, 11) is 2.18. The van der Waals surface area contributed by atoms with E-state index in [1.807, 2.05) is 12.1 Å². The Morgan fingerprint density at radius 2 is 1.94 bits per heavy atom. The highest BCUT2D eigenvalue weighted by molar-refractivity contribution is 9.10. The van der Waals surface area contributed by atoms with E-state index in [0.29, 0.717) is 0 Å². The van der Waals surface area contributed by atoms with Crippen molar-refractivity contribution in [2.24, 2.45) is 0 Å². The average molecular weight is 313 g/mol. The van der Waals surface area contributed by atoms with Crippen LogP contribution in [0.1, 0.15) is 5.56 Å². The van der Waals surface area contributed by atoms with Crippen LogP contribution in [0.15, 0.2) is 22.7 Å².